The van der Waals surface area contributed by atoms with Crippen molar-refractivity contribution in [2.45, 2.75) is 76.4 Å². The van der Waals surface area contributed by atoms with Crippen LogP contribution < -0.4 is 25.8 Å². The molecule has 1 aliphatic carbocycles. The predicted octanol–water partition coefficient (Wildman–Crippen LogP) is 5.23. The molecule has 344 valence electrons. The Kier molecular flexibility index (Phi) is 12.6. The third kappa shape index (κ3) is 8.51. The maximum atomic E-state index is 13.8. The lowest BCUT2D eigenvalue weighted by molar-refractivity contribution is -0.151. The van der Waals surface area contributed by atoms with Crippen LogP contribution in [0.3, 0.4) is 0 Å². The number of imidazole rings is 1. The number of thiophene rings is 1. The minimum absolute atomic E-state index is 0.117. The number of carbonyl (C=O) groups is 2. The SMILES string of the molecule is COc1ccc(CN2C(=O)CCC(n3c(=O)n(C)c4cc(OCCOCCN5CCCN(c6nccc(-c7noc([C@@]8(C)CCCc9sc(N)c(C#N)c98)n7)n6)[C@@H](C)C5)ccc43)C2=O)cc1. The highest BCUT2D eigenvalue weighted by Crippen LogP contribution is 2.48. The van der Waals surface area contributed by atoms with Crippen LogP contribution in [-0.4, -0.2) is 110 Å². The number of imide groups is 1. The van der Waals surface area contributed by atoms with Gasteiger partial charge in [0.15, 0.2) is 0 Å². The van der Waals surface area contributed by atoms with Crippen molar-refractivity contribution < 1.29 is 28.3 Å². The number of ether oxygens (including phenoxy) is 3. The fraction of sp³-hybridized carbons (Fsp3) is 0.447. The molecule has 0 bridgehead atoms. The molecule has 9 rings (SSSR count). The maximum Gasteiger partial charge on any atom is 0.329 e. The van der Waals surface area contributed by atoms with Crippen LogP contribution in [0.4, 0.5) is 10.9 Å². The molecule has 2 aliphatic heterocycles. The fourth-order valence-electron chi connectivity index (χ4n) is 9.61. The van der Waals surface area contributed by atoms with E-state index in [2.05, 4.69) is 32.9 Å². The Labute approximate surface area is 385 Å². The molecule has 2 saturated heterocycles. The first-order chi connectivity index (χ1) is 32.0. The molecule has 18 nitrogen and oxygen atoms in total. The van der Waals surface area contributed by atoms with Crippen LogP contribution in [0.5, 0.6) is 11.5 Å². The molecule has 2 aromatic carbocycles. The molecule has 6 aromatic rings. The van der Waals surface area contributed by atoms with Gasteiger partial charge in [0.05, 0.1) is 48.9 Å². The number of amides is 2. The number of nitrogen functional groups attached to an aromatic ring is 1. The average Bonchev–Trinajstić information content (AvgIpc) is 3.98. The van der Waals surface area contributed by atoms with Gasteiger partial charge in [0.1, 0.15) is 40.9 Å². The zero-order valence-electron chi connectivity index (χ0n) is 37.6. The number of benzene rings is 2. The lowest BCUT2D eigenvalue weighted by Crippen LogP contribution is -2.47. The Bertz CT molecular complexity index is 2860. The molecule has 6 heterocycles. The zero-order valence-corrected chi connectivity index (χ0v) is 38.4. The number of hydrogen-bond acceptors (Lipinski definition) is 16. The van der Waals surface area contributed by atoms with E-state index in [9.17, 15) is 19.6 Å². The highest BCUT2D eigenvalue weighted by atomic mass is 32.1. The molecule has 19 heteroatoms. The highest BCUT2D eigenvalue weighted by Gasteiger charge is 2.43. The number of fused-ring (bicyclic) bond motifs is 2. The quantitative estimate of drug-likeness (QED) is 0.109. The van der Waals surface area contributed by atoms with Gasteiger partial charge in [-0.05, 0) is 88.4 Å². The van der Waals surface area contributed by atoms with Gasteiger partial charge in [-0.25, -0.2) is 14.8 Å². The minimum atomic E-state index is -0.808. The smallest absolute Gasteiger partial charge is 0.329 e. The van der Waals surface area contributed by atoms with E-state index in [1.165, 1.54) is 25.4 Å². The lowest BCUT2D eigenvalue weighted by Gasteiger charge is -2.31. The predicted molar refractivity (Wildman–Crippen MR) is 246 cm³/mol. The van der Waals surface area contributed by atoms with Crippen molar-refractivity contribution >= 4 is 45.1 Å². The van der Waals surface area contributed by atoms with Crippen molar-refractivity contribution in [3.05, 3.63) is 92.7 Å². The van der Waals surface area contributed by atoms with Crippen LogP contribution in [0.2, 0.25) is 0 Å². The number of hydrogen-bond donors (Lipinski definition) is 1. The van der Waals surface area contributed by atoms with Crippen LogP contribution in [0, 0.1) is 11.3 Å². The van der Waals surface area contributed by atoms with Gasteiger partial charge in [-0.3, -0.25) is 28.5 Å². The molecule has 0 saturated carbocycles. The molecule has 1 unspecified atom stereocenters. The molecule has 2 N–H and O–H groups in total. The van der Waals surface area contributed by atoms with Crippen LogP contribution in [0.1, 0.15) is 79.5 Å². The Morgan fingerprint density at radius 3 is 2.62 bits per heavy atom. The zero-order chi connectivity index (χ0) is 46.1. The second-order valence-corrected chi connectivity index (χ2v) is 18.5. The van der Waals surface area contributed by atoms with E-state index in [1.54, 1.807) is 56.8 Å². The van der Waals surface area contributed by atoms with Gasteiger partial charge in [0.2, 0.25) is 23.6 Å². The number of nitrogens with two attached hydrogens (primary N) is 1. The maximum absolute atomic E-state index is 13.8. The Balaban J connectivity index is 0.764. The molecule has 2 fully saturated rings. The van der Waals surface area contributed by atoms with Crippen LogP contribution >= 0.6 is 11.3 Å². The van der Waals surface area contributed by atoms with Gasteiger partial charge < -0.3 is 29.4 Å². The van der Waals surface area contributed by atoms with Crippen molar-refractivity contribution in [3.8, 4) is 29.1 Å². The summed E-state index contributed by atoms with van der Waals surface area (Å²) in [4.78, 5) is 61.6. The third-order valence-electron chi connectivity index (χ3n) is 13.1. The largest absolute Gasteiger partial charge is 0.497 e. The lowest BCUT2D eigenvalue weighted by atomic mass is 9.72. The van der Waals surface area contributed by atoms with Crippen LogP contribution in [-0.2, 0) is 39.8 Å². The Hall–Kier alpha value is -6.62. The molecule has 4 aromatic heterocycles. The summed E-state index contributed by atoms with van der Waals surface area (Å²) in [6.07, 6.45) is 5.62. The van der Waals surface area contributed by atoms with Crippen molar-refractivity contribution in [2.75, 3.05) is 63.7 Å². The van der Waals surface area contributed by atoms with E-state index in [0.29, 0.717) is 76.3 Å². The van der Waals surface area contributed by atoms with E-state index in [1.807, 2.05) is 19.1 Å². The fourth-order valence-corrected chi connectivity index (χ4v) is 10.8. The van der Waals surface area contributed by atoms with Crippen LogP contribution in [0.15, 0.2) is 64.0 Å². The average molecular weight is 916 g/mol. The van der Waals surface area contributed by atoms with Gasteiger partial charge in [-0.15, -0.1) is 11.3 Å². The molecule has 3 aliphatic rings. The van der Waals surface area contributed by atoms with Crippen molar-refractivity contribution in [2.24, 2.45) is 7.05 Å². The van der Waals surface area contributed by atoms with E-state index in [0.717, 1.165) is 67.9 Å². The summed E-state index contributed by atoms with van der Waals surface area (Å²) in [6, 6.07) is 16.0. The number of nitriles is 1. The summed E-state index contributed by atoms with van der Waals surface area (Å²) < 4.78 is 26.2. The van der Waals surface area contributed by atoms with Gasteiger partial charge >= 0.3 is 5.69 Å². The summed E-state index contributed by atoms with van der Waals surface area (Å²) in [5, 5.41) is 14.8. The normalized spacial score (nSPS) is 20.3. The number of methoxy groups -OCH3 is 1. The first kappa shape index (κ1) is 44.6. The van der Waals surface area contributed by atoms with Crippen molar-refractivity contribution in [1.29, 1.82) is 5.26 Å². The monoisotopic (exact) mass is 915 g/mol. The summed E-state index contributed by atoms with van der Waals surface area (Å²) in [5.74, 6) is 2.02. The number of piperidine rings is 1. The number of rotatable bonds is 14. The minimum Gasteiger partial charge on any atom is -0.497 e. The molecule has 0 spiro atoms. The standard InChI is InChI=1S/C47H53N11O7S/c1-29-27-55(19-6-20-56(29)45-50-18-16-34(51-45)42-52-44(65-53-42)47(2)17-5-7-38-40(47)33(26-48)41(49)66-38)21-22-63-23-24-64-32-12-13-35-37(25-32)54(3)46(61)58(35)36-14-15-39(59)57(43(36)60)28-30-8-10-31(62-4)11-9-30/h8-13,16,18,25,29,36H,5-7,14-15,17,19-24,27-28,49H2,1-4H3/t29-,36?,47-/m0/s1. The molecular weight excluding hydrogens is 863 g/mol. The number of anilines is 2. The number of aryl methyl sites for hydroxylation is 2. The topological polar surface area (TPSA) is 213 Å². The number of likely N-dealkylation sites (tertiary alicyclic amines) is 1. The van der Waals surface area contributed by atoms with Gasteiger partial charge in [-0.1, -0.05) is 17.3 Å². The molecule has 0 radical (unpaired) electrons. The van der Waals surface area contributed by atoms with E-state index < -0.39 is 17.4 Å². The highest BCUT2D eigenvalue weighted by molar-refractivity contribution is 7.16. The summed E-state index contributed by atoms with van der Waals surface area (Å²) in [6.45, 7) is 8.78. The molecular formula is C47H53N11O7S. The molecule has 66 heavy (non-hydrogen) atoms. The summed E-state index contributed by atoms with van der Waals surface area (Å²) in [5.41, 5.74) is 9.27. The second kappa shape index (κ2) is 18.7. The second-order valence-electron chi connectivity index (χ2n) is 17.3. The van der Waals surface area contributed by atoms with Crippen molar-refractivity contribution in [1.82, 2.24) is 39.0 Å². The van der Waals surface area contributed by atoms with Gasteiger partial charge in [0, 0.05) is 61.8 Å². The number of carbonyl (C=O) groups excluding carboxylic acids is 2. The van der Waals surface area contributed by atoms with Gasteiger partial charge in [0.25, 0.3) is 5.91 Å². The summed E-state index contributed by atoms with van der Waals surface area (Å²) >= 11 is 1.47. The van der Waals surface area contributed by atoms with E-state index in [4.69, 9.17) is 34.4 Å². The number of nitrogens with zero attached hydrogens (tertiary/aromatic N) is 10. The molecule has 3 atom stereocenters. The Morgan fingerprint density at radius 1 is 1.00 bits per heavy atom. The molecule has 2 amide bonds. The van der Waals surface area contributed by atoms with Gasteiger partial charge in [-0.2, -0.15) is 10.2 Å². The van der Waals surface area contributed by atoms with Crippen LogP contribution in [0.25, 0.3) is 22.6 Å². The Morgan fingerprint density at radius 2 is 1.82 bits per heavy atom. The first-order valence-corrected chi connectivity index (χ1v) is 23.2. The summed E-state index contributed by atoms with van der Waals surface area (Å²) in [7, 11) is 3.25. The van der Waals surface area contributed by atoms with Crippen molar-refractivity contribution in [3.63, 3.8) is 0 Å². The van der Waals surface area contributed by atoms with E-state index >= 15 is 0 Å². The number of aromatic nitrogens is 6. The third-order valence-corrected chi connectivity index (χ3v) is 14.2. The first-order valence-electron chi connectivity index (χ1n) is 22.3. The van der Waals surface area contributed by atoms with E-state index in [-0.39, 0.29) is 37.0 Å².